The van der Waals surface area contributed by atoms with Crippen LogP contribution in [0, 0.1) is 62.3 Å². The van der Waals surface area contributed by atoms with Crippen molar-refractivity contribution in [2.45, 2.75) is 62.3 Å². The highest BCUT2D eigenvalue weighted by molar-refractivity contribution is 7.25. The van der Waals surface area contributed by atoms with E-state index in [0.29, 0.717) is 0 Å². The molecule has 0 aliphatic carbocycles. The SMILES string of the molecule is Cc1ccc2c(c1)oc1ccccc12.Cc1ccc2c(c1)sc1ccccc12.Cc1ccc2ccccc2c1.Cc1ccc2oc3ccccc3c2c1.Cc1cccc2ccccc12.Cc1ccccc1.Cc1ccccn1.Cc1cccnc1.Cc1ccncc1. The third kappa shape index (κ3) is 19.4. The summed E-state index contributed by atoms with van der Waals surface area (Å²) in [5.41, 5.74) is 15.3. The molecule has 0 radical (unpaired) electrons. The molecule has 17 aromatic rings. The molecule has 0 bridgehead atoms. The fraction of sp³-hybridized carbons (Fsp3) is 0.105. The lowest BCUT2D eigenvalue weighted by Crippen LogP contribution is -1.75. The Morgan fingerprint density at radius 3 is 1.36 bits per heavy atom. The Morgan fingerprint density at radius 2 is 0.750 bits per heavy atom. The topological polar surface area (TPSA) is 65.0 Å². The average Bonchev–Trinajstić information content (AvgIpc) is 1.70. The van der Waals surface area contributed by atoms with E-state index in [1.165, 1.54) is 108 Å². The maximum Gasteiger partial charge on any atom is 0.135 e. The Bertz CT molecular complexity index is 4760. The molecule has 11 aromatic carbocycles. The number of aryl methyl sites for hydroxylation is 9. The molecule has 0 spiro atoms. The normalized spacial score (nSPS) is 10.2. The summed E-state index contributed by atoms with van der Waals surface area (Å²) in [5.74, 6) is 0. The first-order valence-electron chi connectivity index (χ1n) is 31.0. The van der Waals surface area contributed by atoms with Crippen LogP contribution in [0.5, 0.6) is 0 Å². The van der Waals surface area contributed by atoms with Gasteiger partial charge < -0.3 is 8.83 Å². The van der Waals surface area contributed by atoms with Crippen LogP contribution in [0.1, 0.15) is 50.2 Å². The fourth-order valence-electron chi connectivity index (χ4n) is 10.1. The average molecular weight is 1220 g/mol. The molecule has 6 heteroatoms. The van der Waals surface area contributed by atoms with Gasteiger partial charge in [0.1, 0.15) is 22.3 Å². The monoisotopic (exact) mass is 1220 g/mol. The van der Waals surface area contributed by atoms with E-state index < -0.39 is 0 Å². The van der Waals surface area contributed by atoms with Crippen LogP contribution in [0.2, 0.25) is 0 Å². The molecule has 0 saturated carbocycles. The first-order valence-corrected chi connectivity index (χ1v) is 31.8. The van der Waals surface area contributed by atoms with Gasteiger partial charge in [-0.15, -0.1) is 11.3 Å². The van der Waals surface area contributed by atoms with Crippen LogP contribution in [0.4, 0.5) is 0 Å². The Kier molecular flexibility index (Phi) is 24.0. The van der Waals surface area contributed by atoms with Gasteiger partial charge in [0.25, 0.3) is 0 Å². The molecular weight excluding hydrogens is 1140 g/mol. The van der Waals surface area contributed by atoms with Crippen molar-refractivity contribution < 1.29 is 8.83 Å². The predicted molar refractivity (Wildman–Crippen MR) is 396 cm³/mol. The summed E-state index contributed by atoms with van der Waals surface area (Å²) in [6.07, 6.45) is 8.97. The van der Waals surface area contributed by atoms with Crippen molar-refractivity contribution in [3.8, 4) is 0 Å². The Morgan fingerprint density at radius 1 is 0.250 bits per heavy atom. The van der Waals surface area contributed by atoms with Crippen LogP contribution in [0.3, 0.4) is 0 Å². The Balaban J connectivity index is 0.000000124. The van der Waals surface area contributed by atoms with Gasteiger partial charge in [-0.1, -0.05) is 229 Å². The van der Waals surface area contributed by atoms with Crippen molar-refractivity contribution >= 4 is 96.9 Å². The van der Waals surface area contributed by atoms with E-state index in [1.54, 1.807) is 24.8 Å². The van der Waals surface area contributed by atoms with Crippen molar-refractivity contribution in [1.29, 1.82) is 0 Å². The minimum atomic E-state index is 0.966. The van der Waals surface area contributed by atoms with Crippen LogP contribution in [-0.2, 0) is 0 Å². The fourth-order valence-corrected chi connectivity index (χ4v) is 11.3. The van der Waals surface area contributed by atoms with Crippen molar-refractivity contribution in [3.05, 3.63) is 366 Å². The second-order valence-corrected chi connectivity index (χ2v) is 23.7. The standard InChI is InChI=1S/2C13H10O.C13H10S.2C11H10.C7H8.3C6H7N/c1-9-6-7-13-11(8-9)10-4-2-3-5-12(10)14-13;2*1-9-6-7-11-10-4-2-3-5-12(10)14-13(11)8-9;1-9-5-4-7-10-6-2-3-8-11(9)10;1-9-6-7-10-4-2-3-5-11(10)8-9;1-7-5-3-2-4-6-7;1-6-2-4-7-5-3-6;1-6-3-2-4-7-5-6;1-6-4-2-3-5-7-6/h3*2-8H,1H3;2*2-8H,1H3;2-6H,1H3;3*2-5H,1H3. The molecule has 6 heterocycles. The molecule has 0 N–H and O–H groups in total. The van der Waals surface area contributed by atoms with Gasteiger partial charge in [0, 0.05) is 78.4 Å². The van der Waals surface area contributed by atoms with E-state index >= 15 is 0 Å². The summed E-state index contributed by atoms with van der Waals surface area (Å²) in [4.78, 5) is 11.7. The first-order chi connectivity index (χ1) is 44.8. The van der Waals surface area contributed by atoms with E-state index in [4.69, 9.17) is 8.83 Å². The lowest BCUT2D eigenvalue weighted by atomic mass is 10.1. The van der Waals surface area contributed by atoms with Crippen molar-refractivity contribution in [1.82, 2.24) is 15.0 Å². The minimum Gasteiger partial charge on any atom is -0.456 e. The summed E-state index contributed by atoms with van der Waals surface area (Å²) >= 11 is 1.88. The number of furan rings is 2. The summed E-state index contributed by atoms with van der Waals surface area (Å²) in [6.45, 7) is 18.7. The van der Waals surface area contributed by atoms with Gasteiger partial charge >= 0.3 is 0 Å². The first kappa shape index (κ1) is 65.7. The third-order valence-corrected chi connectivity index (χ3v) is 16.1. The molecule has 0 unspecified atom stereocenters. The third-order valence-electron chi connectivity index (χ3n) is 14.9. The predicted octanol–water partition coefficient (Wildman–Crippen LogP) is 24.6. The van der Waals surface area contributed by atoms with E-state index in [9.17, 15) is 0 Å². The molecule has 6 aromatic heterocycles. The highest BCUT2D eigenvalue weighted by Crippen LogP contribution is 2.34. The van der Waals surface area contributed by atoms with Gasteiger partial charge in [0.2, 0.25) is 0 Å². The molecule has 17 rings (SSSR count). The molecule has 5 nitrogen and oxygen atoms in total. The number of thiophene rings is 1. The molecule has 0 fully saturated rings. The molecule has 92 heavy (non-hydrogen) atoms. The zero-order chi connectivity index (χ0) is 64.4. The molecule has 0 atom stereocenters. The van der Waals surface area contributed by atoms with Gasteiger partial charge in [-0.25, -0.2) is 0 Å². The van der Waals surface area contributed by atoms with Gasteiger partial charge in [-0.3, -0.25) is 15.0 Å². The number of nitrogens with zero attached hydrogens (tertiary/aromatic N) is 3. The van der Waals surface area contributed by atoms with Gasteiger partial charge in [-0.05, 0) is 184 Å². The van der Waals surface area contributed by atoms with Crippen molar-refractivity contribution in [3.63, 3.8) is 0 Å². The molecule has 456 valence electrons. The van der Waals surface area contributed by atoms with Crippen molar-refractivity contribution in [2.75, 3.05) is 0 Å². The Hall–Kier alpha value is -10.8. The molecule has 0 amide bonds. The van der Waals surface area contributed by atoms with Crippen LogP contribution >= 0.6 is 11.3 Å². The smallest absolute Gasteiger partial charge is 0.135 e. The largest absolute Gasteiger partial charge is 0.456 e. The highest BCUT2D eigenvalue weighted by Gasteiger charge is 2.07. The zero-order valence-corrected chi connectivity index (χ0v) is 54.9. The minimum absolute atomic E-state index is 0.966. The van der Waals surface area contributed by atoms with Crippen LogP contribution < -0.4 is 0 Å². The van der Waals surface area contributed by atoms with Gasteiger partial charge in [-0.2, -0.15) is 0 Å². The maximum absolute atomic E-state index is 5.73. The van der Waals surface area contributed by atoms with Gasteiger partial charge in [0.15, 0.2) is 0 Å². The Labute approximate surface area is 546 Å². The number of benzene rings is 11. The van der Waals surface area contributed by atoms with Crippen LogP contribution in [0.25, 0.3) is 85.6 Å². The quantitative estimate of drug-likeness (QED) is 0.151. The van der Waals surface area contributed by atoms with Gasteiger partial charge in [0.05, 0.1) is 0 Å². The van der Waals surface area contributed by atoms with Crippen LogP contribution in [-0.4, -0.2) is 15.0 Å². The number of para-hydroxylation sites is 2. The van der Waals surface area contributed by atoms with Crippen molar-refractivity contribution in [2.24, 2.45) is 0 Å². The number of aromatic nitrogens is 3. The number of rotatable bonds is 0. The van der Waals surface area contributed by atoms with E-state index in [2.05, 4.69) is 238 Å². The molecule has 0 saturated heterocycles. The second kappa shape index (κ2) is 33.7. The zero-order valence-electron chi connectivity index (χ0n) is 54.1. The highest BCUT2D eigenvalue weighted by atomic mass is 32.1. The molecular formula is C86H79N3O2S. The number of fused-ring (bicyclic) bond motifs is 11. The van der Waals surface area contributed by atoms with E-state index in [1.807, 2.05) is 141 Å². The summed E-state index contributed by atoms with van der Waals surface area (Å²) in [6, 6.07) is 97.9. The lowest BCUT2D eigenvalue weighted by Gasteiger charge is -1.98. The lowest BCUT2D eigenvalue weighted by molar-refractivity contribution is 0.668. The number of pyridine rings is 3. The number of hydrogen-bond acceptors (Lipinski definition) is 6. The number of hydrogen-bond donors (Lipinski definition) is 0. The summed E-state index contributed by atoms with van der Waals surface area (Å²) in [5, 5.41) is 12.9. The summed E-state index contributed by atoms with van der Waals surface area (Å²) < 4.78 is 14.2. The van der Waals surface area contributed by atoms with E-state index in [-0.39, 0.29) is 0 Å². The molecule has 0 aliphatic rings. The summed E-state index contributed by atoms with van der Waals surface area (Å²) in [7, 11) is 0. The van der Waals surface area contributed by atoms with Crippen LogP contribution in [0.15, 0.2) is 325 Å². The molecule has 0 aliphatic heterocycles. The second-order valence-electron chi connectivity index (χ2n) is 22.6. The maximum atomic E-state index is 5.73. The van der Waals surface area contributed by atoms with E-state index in [0.717, 1.165) is 28.0 Å².